The number of carbonyl (C=O) groups is 1. The lowest BCUT2D eigenvalue weighted by Gasteiger charge is -1.95. The molecule has 2 rings (SSSR count). The van der Waals surface area contributed by atoms with Crippen LogP contribution >= 0.6 is 11.6 Å². The van der Waals surface area contributed by atoms with E-state index in [4.69, 9.17) is 11.6 Å². The molecule has 0 bridgehead atoms. The van der Waals surface area contributed by atoms with E-state index in [1.807, 2.05) is 6.92 Å². The van der Waals surface area contributed by atoms with Crippen molar-refractivity contribution in [3.63, 3.8) is 0 Å². The van der Waals surface area contributed by atoms with Gasteiger partial charge in [-0.1, -0.05) is 23.7 Å². The highest BCUT2D eigenvalue weighted by Crippen LogP contribution is 2.07. The molecule has 0 spiro atoms. The fourth-order valence-corrected chi connectivity index (χ4v) is 1.43. The first-order valence-corrected chi connectivity index (χ1v) is 5.64. The van der Waals surface area contributed by atoms with Crippen LogP contribution < -0.4 is 5.43 Å². The number of rotatable bonds is 3. The van der Waals surface area contributed by atoms with E-state index in [2.05, 4.69) is 20.7 Å². The summed E-state index contributed by atoms with van der Waals surface area (Å²) < 4.78 is 0. The number of aryl methyl sites for hydroxylation is 1. The van der Waals surface area contributed by atoms with Crippen molar-refractivity contribution >= 4 is 23.7 Å². The number of hydrazone groups is 1. The molecule has 0 fully saturated rings. The lowest BCUT2D eigenvalue weighted by atomic mass is 10.2. The Labute approximate surface area is 109 Å². The van der Waals surface area contributed by atoms with Gasteiger partial charge in [-0.05, 0) is 30.7 Å². The predicted molar refractivity (Wildman–Crippen MR) is 69.8 cm³/mol. The summed E-state index contributed by atoms with van der Waals surface area (Å²) in [5.41, 5.74) is 4.36. The molecule has 1 amide bonds. The number of nitrogens with zero attached hydrogens (tertiary/aromatic N) is 2. The van der Waals surface area contributed by atoms with Crippen molar-refractivity contribution in [3.05, 3.63) is 52.3 Å². The molecular formula is C12H11ClN4O. The molecule has 0 aliphatic rings. The van der Waals surface area contributed by atoms with Crippen LogP contribution in [0.2, 0.25) is 5.02 Å². The molecule has 6 heteroatoms. The summed E-state index contributed by atoms with van der Waals surface area (Å²) in [5, 5.41) is 11.0. The lowest BCUT2D eigenvalue weighted by molar-refractivity contribution is 0.0950. The number of nitrogens with one attached hydrogen (secondary N) is 2. The Bertz CT molecular complexity index is 574. The molecule has 0 aliphatic heterocycles. The average molecular weight is 263 g/mol. The van der Waals surface area contributed by atoms with Gasteiger partial charge in [-0.15, -0.1) is 0 Å². The zero-order valence-corrected chi connectivity index (χ0v) is 10.4. The minimum atomic E-state index is -0.357. The van der Waals surface area contributed by atoms with Crippen LogP contribution in [-0.2, 0) is 0 Å². The first-order chi connectivity index (χ1) is 8.65. The van der Waals surface area contributed by atoms with E-state index in [1.54, 1.807) is 30.3 Å². The molecule has 2 N–H and O–H groups in total. The summed E-state index contributed by atoms with van der Waals surface area (Å²) in [6, 6.07) is 8.75. The number of hydrogen-bond acceptors (Lipinski definition) is 3. The zero-order chi connectivity index (χ0) is 13.0. The molecule has 0 atom stereocenters. The standard InChI is InChI=1S/C12H11ClN4O/c1-8-6-11(16-15-8)12(18)17-14-7-9-2-4-10(13)5-3-9/h2-7H,1H3,(H,15,16)(H,17,18). The number of benzene rings is 1. The van der Waals surface area contributed by atoms with Crippen molar-refractivity contribution in [2.75, 3.05) is 0 Å². The molecule has 92 valence electrons. The Morgan fingerprint density at radius 1 is 1.44 bits per heavy atom. The van der Waals surface area contributed by atoms with E-state index in [9.17, 15) is 4.79 Å². The molecule has 18 heavy (non-hydrogen) atoms. The molecule has 5 nitrogen and oxygen atoms in total. The van der Waals surface area contributed by atoms with Crippen LogP contribution in [0.15, 0.2) is 35.4 Å². The molecule has 0 saturated heterocycles. The maximum Gasteiger partial charge on any atom is 0.291 e. The summed E-state index contributed by atoms with van der Waals surface area (Å²) in [6.07, 6.45) is 1.54. The van der Waals surface area contributed by atoms with Gasteiger partial charge in [0.2, 0.25) is 0 Å². The summed E-state index contributed by atoms with van der Waals surface area (Å²) >= 11 is 5.75. The van der Waals surface area contributed by atoms with Gasteiger partial charge in [-0.2, -0.15) is 10.2 Å². The molecule has 0 saturated carbocycles. The van der Waals surface area contributed by atoms with Gasteiger partial charge in [-0.3, -0.25) is 9.89 Å². The van der Waals surface area contributed by atoms with E-state index in [-0.39, 0.29) is 5.91 Å². The van der Waals surface area contributed by atoms with Crippen LogP contribution in [0.25, 0.3) is 0 Å². The summed E-state index contributed by atoms with van der Waals surface area (Å²) in [7, 11) is 0. The predicted octanol–water partition coefficient (Wildman–Crippen LogP) is 2.14. The maximum atomic E-state index is 11.6. The van der Waals surface area contributed by atoms with Gasteiger partial charge in [0.1, 0.15) is 0 Å². The Kier molecular flexibility index (Phi) is 3.74. The van der Waals surface area contributed by atoms with Crippen molar-refractivity contribution in [1.82, 2.24) is 15.6 Å². The number of aromatic nitrogens is 2. The van der Waals surface area contributed by atoms with Crippen LogP contribution in [0, 0.1) is 6.92 Å². The smallest absolute Gasteiger partial charge is 0.282 e. The van der Waals surface area contributed by atoms with E-state index >= 15 is 0 Å². The summed E-state index contributed by atoms with van der Waals surface area (Å²) in [6.45, 7) is 1.82. The fraction of sp³-hybridized carbons (Fsp3) is 0.0833. The lowest BCUT2D eigenvalue weighted by Crippen LogP contribution is -2.17. The SMILES string of the molecule is Cc1cc(C(=O)NN=Cc2ccc(Cl)cc2)n[nH]1. The Morgan fingerprint density at radius 2 is 2.17 bits per heavy atom. The monoisotopic (exact) mass is 262 g/mol. The van der Waals surface area contributed by atoms with Gasteiger partial charge in [0.15, 0.2) is 5.69 Å². The van der Waals surface area contributed by atoms with Gasteiger partial charge in [0, 0.05) is 10.7 Å². The largest absolute Gasteiger partial charge is 0.291 e. The van der Waals surface area contributed by atoms with Crippen LogP contribution in [-0.4, -0.2) is 22.3 Å². The van der Waals surface area contributed by atoms with Crippen LogP contribution in [0.3, 0.4) is 0 Å². The molecular weight excluding hydrogens is 252 g/mol. The van der Waals surface area contributed by atoms with E-state index in [0.717, 1.165) is 11.3 Å². The van der Waals surface area contributed by atoms with Crippen molar-refractivity contribution in [1.29, 1.82) is 0 Å². The topological polar surface area (TPSA) is 70.1 Å². The highest BCUT2D eigenvalue weighted by Gasteiger charge is 2.06. The highest BCUT2D eigenvalue weighted by atomic mass is 35.5. The Balaban J connectivity index is 1.95. The molecule has 1 heterocycles. The maximum absolute atomic E-state index is 11.6. The Hall–Kier alpha value is -2.14. The van der Waals surface area contributed by atoms with Gasteiger partial charge in [0.25, 0.3) is 5.91 Å². The van der Waals surface area contributed by atoms with Gasteiger partial charge in [-0.25, -0.2) is 5.43 Å². The molecule has 1 aromatic heterocycles. The first kappa shape index (κ1) is 12.3. The van der Waals surface area contributed by atoms with E-state index in [0.29, 0.717) is 10.7 Å². The van der Waals surface area contributed by atoms with Crippen molar-refractivity contribution < 1.29 is 4.79 Å². The van der Waals surface area contributed by atoms with Crippen molar-refractivity contribution in [2.24, 2.45) is 5.10 Å². The number of H-pyrrole nitrogens is 1. The quantitative estimate of drug-likeness (QED) is 0.657. The van der Waals surface area contributed by atoms with Crippen LogP contribution in [0.5, 0.6) is 0 Å². The number of carbonyl (C=O) groups excluding carboxylic acids is 1. The molecule has 2 aromatic rings. The third-order valence-electron chi connectivity index (χ3n) is 2.19. The molecule has 0 aliphatic carbocycles. The van der Waals surface area contributed by atoms with Crippen LogP contribution in [0.4, 0.5) is 0 Å². The Morgan fingerprint density at radius 3 is 2.78 bits per heavy atom. The van der Waals surface area contributed by atoms with E-state index < -0.39 is 0 Å². The minimum absolute atomic E-state index is 0.306. The number of amides is 1. The number of hydrogen-bond donors (Lipinski definition) is 2. The third-order valence-corrected chi connectivity index (χ3v) is 2.44. The van der Waals surface area contributed by atoms with Gasteiger partial charge in [0.05, 0.1) is 6.21 Å². The zero-order valence-electron chi connectivity index (χ0n) is 9.64. The summed E-state index contributed by atoms with van der Waals surface area (Å²) in [4.78, 5) is 11.6. The molecule has 0 radical (unpaired) electrons. The van der Waals surface area contributed by atoms with E-state index in [1.165, 1.54) is 6.21 Å². The average Bonchev–Trinajstić information content (AvgIpc) is 2.78. The van der Waals surface area contributed by atoms with Crippen molar-refractivity contribution in [2.45, 2.75) is 6.92 Å². The second-order valence-corrected chi connectivity index (χ2v) is 4.12. The normalized spacial score (nSPS) is 10.8. The van der Waals surface area contributed by atoms with Crippen molar-refractivity contribution in [3.8, 4) is 0 Å². The second kappa shape index (κ2) is 5.46. The molecule has 1 aromatic carbocycles. The number of aromatic amines is 1. The summed E-state index contributed by atoms with van der Waals surface area (Å²) in [5.74, 6) is -0.357. The highest BCUT2D eigenvalue weighted by molar-refractivity contribution is 6.30. The molecule has 0 unspecified atom stereocenters. The second-order valence-electron chi connectivity index (χ2n) is 3.69. The third kappa shape index (κ3) is 3.18. The number of halogens is 1. The van der Waals surface area contributed by atoms with Gasteiger partial charge < -0.3 is 0 Å². The van der Waals surface area contributed by atoms with Gasteiger partial charge >= 0.3 is 0 Å². The fourth-order valence-electron chi connectivity index (χ4n) is 1.31. The van der Waals surface area contributed by atoms with Crippen LogP contribution in [0.1, 0.15) is 21.7 Å². The minimum Gasteiger partial charge on any atom is -0.282 e. The first-order valence-electron chi connectivity index (χ1n) is 5.26.